The van der Waals surface area contributed by atoms with Crippen LogP contribution in [0.2, 0.25) is 0 Å². The summed E-state index contributed by atoms with van der Waals surface area (Å²) in [5.74, 6) is -0.0710. The molecule has 0 aromatic heterocycles. The number of hydrogen-bond donors (Lipinski definition) is 0. The van der Waals surface area contributed by atoms with Crippen LogP contribution in [-0.2, 0) is 14.3 Å². The lowest BCUT2D eigenvalue weighted by molar-refractivity contribution is -0.0533. The van der Waals surface area contributed by atoms with Gasteiger partial charge in [0.1, 0.15) is 5.76 Å². The first-order chi connectivity index (χ1) is 8.31. The molecular formula is C10H14F3NO3S. The van der Waals surface area contributed by atoms with Crippen LogP contribution in [0.1, 0.15) is 25.7 Å². The number of piperidine rings is 1. The fourth-order valence-electron chi connectivity index (χ4n) is 2.35. The van der Waals surface area contributed by atoms with E-state index >= 15 is 0 Å². The van der Waals surface area contributed by atoms with Gasteiger partial charge in [0.2, 0.25) is 0 Å². The molecule has 0 radical (unpaired) electrons. The van der Waals surface area contributed by atoms with Gasteiger partial charge >= 0.3 is 15.6 Å². The zero-order valence-electron chi connectivity index (χ0n) is 9.61. The minimum Gasteiger partial charge on any atom is -0.379 e. The first-order valence-electron chi connectivity index (χ1n) is 5.76. The molecule has 2 aliphatic rings. The lowest BCUT2D eigenvalue weighted by Gasteiger charge is -2.38. The van der Waals surface area contributed by atoms with Gasteiger partial charge in [-0.25, -0.2) is 0 Å². The molecule has 1 fully saturated rings. The van der Waals surface area contributed by atoms with Gasteiger partial charge in [-0.05, 0) is 31.9 Å². The van der Waals surface area contributed by atoms with Gasteiger partial charge in [0.15, 0.2) is 0 Å². The molecule has 0 aromatic rings. The minimum absolute atomic E-state index is 0.0710. The van der Waals surface area contributed by atoms with Crippen LogP contribution in [-0.4, -0.2) is 38.0 Å². The molecule has 0 amide bonds. The number of hydrogen-bond acceptors (Lipinski definition) is 4. The van der Waals surface area contributed by atoms with Crippen molar-refractivity contribution in [1.82, 2.24) is 4.90 Å². The van der Waals surface area contributed by atoms with Gasteiger partial charge in [-0.2, -0.15) is 21.6 Å². The molecule has 1 unspecified atom stereocenters. The Bertz CT molecular complexity index is 444. The molecule has 18 heavy (non-hydrogen) atoms. The van der Waals surface area contributed by atoms with Crippen LogP contribution in [0, 0.1) is 0 Å². The van der Waals surface area contributed by atoms with Crippen LogP contribution in [0.5, 0.6) is 0 Å². The van der Waals surface area contributed by atoms with E-state index < -0.39 is 15.6 Å². The molecule has 2 rings (SSSR count). The first kappa shape index (κ1) is 13.7. The van der Waals surface area contributed by atoms with Crippen molar-refractivity contribution >= 4 is 10.1 Å². The highest BCUT2D eigenvalue weighted by atomic mass is 32.2. The lowest BCUT2D eigenvalue weighted by Crippen LogP contribution is -2.44. The average molecular weight is 285 g/mol. The quantitative estimate of drug-likeness (QED) is 0.575. The topological polar surface area (TPSA) is 46.6 Å². The minimum atomic E-state index is -5.54. The van der Waals surface area contributed by atoms with Crippen molar-refractivity contribution in [2.24, 2.45) is 0 Å². The van der Waals surface area contributed by atoms with Gasteiger partial charge in [-0.3, -0.25) is 4.90 Å². The Morgan fingerprint density at radius 1 is 1.28 bits per heavy atom. The van der Waals surface area contributed by atoms with Gasteiger partial charge in [0.05, 0.1) is 6.04 Å². The van der Waals surface area contributed by atoms with E-state index in [9.17, 15) is 21.6 Å². The lowest BCUT2D eigenvalue weighted by atomic mass is 9.97. The zero-order valence-corrected chi connectivity index (χ0v) is 10.4. The average Bonchev–Trinajstić information content (AvgIpc) is 2.27. The molecule has 1 saturated heterocycles. The summed E-state index contributed by atoms with van der Waals surface area (Å²) in [6.45, 7) is 1.51. The highest BCUT2D eigenvalue weighted by Crippen LogP contribution is 2.33. The van der Waals surface area contributed by atoms with E-state index in [1.54, 1.807) is 0 Å². The molecule has 0 saturated carbocycles. The van der Waals surface area contributed by atoms with E-state index in [0.717, 1.165) is 25.9 Å². The summed E-state index contributed by atoms with van der Waals surface area (Å²) < 4.78 is 63.0. The van der Waals surface area contributed by atoms with Crippen LogP contribution in [0.25, 0.3) is 0 Å². The Balaban J connectivity index is 2.16. The molecule has 0 aromatic carbocycles. The van der Waals surface area contributed by atoms with Crippen LogP contribution in [0.4, 0.5) is 13.2 Å². The van der Waals surface area contributed by atoms with Crippen molar-refractivity contribution in [1.29, 1.82) is 0 Å². The molecular weight excluding hydrogens is 271 g/mol. The molecule has 1 atom stereocenters. The summed E-state index contributed by atoms with van der Waals surface area (Å²) in [4.78, 5) is 1.98. The molecule has 104 valence electrons. The molecule has 4 nitrogen and oxygen atoms in total. The normalized spacial score (nSPS) is 26.4. The highest BCUT2D eigenvalue weighted by molar-refractivity contribution is 7.87. The molecule has 0 aliphatic carbocycles. The fourth-order valence-corrected chi connectivity index (χ4v) is 2.88. The summed E-state index contributed by atoms with van der Waals surface area (Å²) in [6.07, 6.45) is 4.46. The summed E-state index contributed by atoms with van der Waals surface area (Å²) in [7, 11) is -5.54. The van der Waals surface area contributed by atoms with Crippen molar-refractivity contribution in [3.8, 4) is 0 Å². The van der Waals surface area contributed by atoms with E-state index in [0.29, 0.717) is 12.8 Å². The van der Waals surface area contributed by atoms with Crippen molar-refractivity contribution in [2.45, 2.75) is 37.2 Å². The Morgan fingerprint density at radius 2 is 2.00 bits per heavy atom. The fraction of sp³-hybridized carbons (Fsp3) is 0.800. The van der Waals surface area contributed by atoms with E-state index in [1.807, 2.05) is 4.90 Å². The van der Waals surface area contributed by atoms with E-state index in [2.05, 4.69) is 4.18 Å². The number of fused-ring (bicyclic) bond motifs is 1. The predicted octanol–water partition coefficient (Wildman–Crippen LogP) is 1.99. The molecule has 0 bridgehead atoms. The number of halogens is 3. The maximum atomic E-state index is 12.3. The molecule has 2 aliphatic heterocycles. The highest BCUT2D eigenvalue weighted by Gasteiger charge is 2.49. The van der Waals surface area contributed by atoms with E-state index in [-0.39, 0.29) is 11.8 Å². The predicted molar refractivity (Wildman–Crippen MR) is 58.0 cm³/mol. The molecule has 8 heteroatoms. The van der Waals surface area contributed by atoms with Crippen LogP contribution >= 0.6 is 0 Å². The van der Waals surface area contributed by atoms with Gasteiger partial charge in [0, 0.05) is 6.54 Å². The van der Waals surface area contributed by atoms with Gasteiger partial charge in [0.25, 0.3) is 0 Å². The summed E-state index contributed by atoms with van der Waals surface area (Å²) in [5, 5.41) is 0. The van der Waals surface area contributed by atoms with Crippen LogP contribution < -0.4 is 0 Å². The largest absolute Gasteiger partial charge is 0.534 e. The summed E-state index contributed by atoms with van der Waals surface area (Å²) in [6, 6.07) is -0.329. The first-order valence-corrected chi connectivity index (χ1v) is 7.17. The Labute approximate surface area is 104 Å². The Hall–Kier alpha value is -0.760. The van der Waals surface area contributed by atoms with Gasteiger partial charge < -0.3 is 4.18 Å². The van der Waals surface area contributed by atoms with Gasteiger partial charge in [-0.15, -0.1) is 0 Å². The smallest absolute Gasteiger partial charge is 0.379 e. The third-order valence-corrected chi connectivity index (χ3v) is 4.17. The second kappa shape index (κ2) is 4.73. The van der Waals surface area contributed by atoms with E-state index in [1.165, 1.54) is 6.08 Å². The molecule has 0 spiro atoms. The Morgan fingerprint density at radius 3 is 2.67 bits per heavy atom. The van der Waals surface area contributed by atoms with Crippen LogP contribution in [0.15, 0.2) is 11.8 Å². The third-order valence-electron chi connectivity index (χ3n) is 3.19. The monoisotopic (exact) mass is 285 g/mol. The van der Waals surface area contributed by atoms with Crippen molar-refractivity contribution in [3.63, 3.8) is 0 Å². The number of rotatable bonds is 2. The summed E-state index contributed by atoms with van der Waals surface area (Å²) >= 11 is 0. The summed E-state index contributed by atoms with van der Waals surface area (Å²) in [5.41, 5.74) is -5.37. The number of nitrogens with zero attached hydrogens (tertiary/aromatic N) is 1. The van der Waals surface area contributed by atoms with Gasteiger partial charge in [-0.1, -0.05) is 6.42 Å². The second-order valence-electron chi connectivity index (χ2n) is 4.43. The maximum Gasteiger partial charge on any atom is 0.534 e. The molecule has 0 N–H and O–H groups in total. The third kappa shape index (κ3) is 2.64. The van der Waals surface area contributed by atoms with Crippen molar-refractivity contribution in [3.05, 3.63) is 11.8 Å². The van der Waals surface area contributed by atoms with Crippen molar-refractivity contribution < 1.29 is 25.8 Å². The standard InChI is InChI=1S/C10H14F3NO3S/c11-10(12,13)18(15,16)17-9-5-3-7-14-6-2-1-4-8(9)14/h5,8H,1-4,6-7H2. The maximum absolute atomic E-state index is 12.3. The number of alkyl halides is 3. The Kier molecular flexibility index (Phi) is 3.59. The van der Waals surface area contributed by atoms with Crippen molar-refractivity contribution in [2.75, 3.05) is 13.1 Å². The second-order valence-corrected chi connectivity index (χ2v) is 5.96. The SMILES string of the molecule is O=S(=O)(OC1=CCCN2CCCCC12)C(F)(F)F. The zero-order chi connectivity index (χ0) is 13.4. The van der Waals surface area contributed by atoms with Crippen LogP contribution in [0.3, 0.4) is 0 Å². The van der Waals surface area contributed by atoms with E-state index in [4.69, 9.17) is 0 Å². The molecule has 2 heterocycles.